The number of hydrogen-bond acceptors (Lipinski definition) is 1. The minimum absolute atomic E-state index is 0.0694. The summed E-state index contributed by atoms with van der Waals surface area (Å²) in [4.78, 5) is 0. The van der Waals surface area contributed by atoms with Crippen LogP contribution in [0.3, 0.4) is 0 Å². The average molecular weight is 170 g/mol. The van der Waals surface area contributed by atoms with Crippen LogP contribution in [0.1, 0.15) is 52.9 Å². The highest BCUT2D eigenvalue weighted by atomic mass is 16.3. The second kappa shape index (κ2) is 3.78. The lowest BCUT2D eigenvalue weighted by Gasteiger charge is -2.31. The summed E-state index contributed by atoms with van der Waals surface area (Å²) in [6, 6.07) is 0. The van der Waals surface area contributed by atoms with Crippen LogP contribution in [0.5, 0.6) is 0 Å². The Hall–Kier alpha value is -0.0400. The van der Waals surface area contributed by atoms with Gasteiger partial charge in [-0.1, -0.05) is 33.6 Å². The molecule has 1 saturated carbocycles. The van der Waals surface area contributed by atoms with Crippen molar-refractivity contribution >= 4 is 0 Å². The number of aliphatic hydroxyl groups excluding tert-OH is 1. The zero-order valence-electron chi connectivity index (χ0n) is 8.64. The van der Waals surface area contributed by atoms with E-state index in [0.29, 0.717) is 5.92 Å². The van der Waals surface area contributed by atoms with Crippen LogP contribution < -0.4 is 0 Å². The summed E-state index contributed by atoms with van der Waals surface area (Å²) in [7, 11) is 0. The Bertz CT molecular complexity index is 134. The molecule has 0 heterocycles. The van der Waals surface area contributed by atoms with Crippen molar-refractivity contribution in [3.63, 3.8) is 0 Å². The summed E-state index contributed by atoms with van der Waals surface area (Å²) in [6.07, 6.45) is 5.97. The lowest BCUT2D eigenvalue weighted by atomic mass is 9.79. The molecule has 0 saturated heterocycles. The SMILES string of the molecule is CC(C)CC(O)C1(C)CCCC1. The highest BCUT2D eigenvalue weighted by Gasteiger charge is 2.35. The molecule has 1 unspecified atom stereocenters. The van der Waals surface area contributed by atoms with E-state index in [2.05, 4.69) is 20.8 Å². The quantitative estimate of drug-likeness (QED) is 0.690. The summed E-state index contributed by atoms with van der Waals surface area (Å²) < 4.78 is 0. The molecule has 0 amide bonds. The topological polar surface area (TPSA) is 20.2 Å². The fourth-order valence-electron chi connectivity index (χ4n) is 2.25. The lowest BCUT2D eigenvalue weighted by Crippen LogP contribution is -2.30. The number of rotatable bonds is 3. The summed E-state index contributed by atoms with van der Waals surface area (Å²) in [6.45, 7) is 6.61. The molecule has 0 spiro atoms. The first-order chi connectivity index (χ1) is 5.54. The summed E-state index contributed by atoms with van der Waals surface area (Å²) in [5, 5.41) is 9.98. The van der Waals surface area contributed by atoms with Gasteiger partial charge in [-0.2, -0.15) is 0 Å². The summed E-state index contributed by atoms with van der Waals surface area (Å²) in [5.41, 5.74) is 0.240. The molecule has 1 atom stereocenters. The predicted octanol–water partition coefficient (Wildman–Crippen LogP) is 2.97. The van der Waals surface area contributed by atoms with E-state index in [1.54, 1.807) is 0 Å². The molecule has 0 aromatic heterocycles. The van der Waals surface area contributed by atoms with Gasteiger partial charge < -0.3 is 5.11 Å². The Morgan fingerprint density at radius 3 is 2.17 bits per heavy atom. The third-order valence-corrected chi connectivity index (χ3v) is 3.24. The first kappa shape index (κ1) is 10.0. The van der Waals surface area contributed by atoms with Crippen molar-refractivity contribution in [1.29, 1.82) is 0 Å². The third-order valence-electron chi connectivity index (χ3n) is 3.24. The molecule has 0 aliphatic heterocycles. The highest BCUT2D eigenvalue weighted by Crippen LogP contribution is 2.42. The van der Waals surface area contributed by atoms with Crippen LogP contribution in [0.25, 0.3) is 0 Å². The van der Waals surface area contributed by atoms with Crippen molar-refractivity contribution in [2.45, 2.75) is 59.0 Å². The Labute approximate surface area is 76.2 Å². The van der Waals surface area contributed by atoms with Crippen molar-refractivity contribution in [1.82, 2.24) is 0 Å². The molecule has 1 aliphatic rings. The van der Waals surface area contributed by atoms with Crippen LogP contribution in [0.4, 0.5) is 0 Å². The van der Waals surface area contributed by atoms with Gasteiger partial charge in [-0.25, -0.2) is 0 Å². The first-order valence-electron chi connectivity index (χ1n) is 5.23. The fraction of sp³-hybridized carbons (Fsp3) is 1.00. The van der Waals surface area contributed by atoms with Crippen LogP contribution in [-0.2, 0) is 0 Å². The van der Waals surface area contributed by atoms with Crippen LogP contribution in [-0.4, -0.2) is 11.2 Å². The van der Waals surface area contributed by atoms with Crippen LogP contribution in [0, 0.1) is 11.3 Å². The van der Waals surface area contributed by atoms with E-state index in [4.69, 9.17) is 0 Å². The fourth-order valence-corrected chi connectivity index (χ4v) is 2.25. The van der Waals surface area contributed by atoms with Crippen molar-refractivity contribution < 1.29 is 5.11 Å². The molecule has 1 nitrogen and oxygen atoms in total. The maximum Gasteiger partial charge on any atom is 0.0596 e. The van der Waals surface area contributed by atoms with Crippen molar-refractivity contribution in [2.24, 2.45) is 11.3 Å². The van der Waals surface area contributed by atoms with Crippen molar-refractivity contribution in [2.75, 3.05) is 0 Å². The molecule has 72 valence electrons. The number of aliphatic hydroxyl groups is 1. The second-order valence-electron chi connectivity index (χ2n) is 5.01. The summed E-state index contributed by atoms with van der Waals surface area (Å²) >= 11 is 0. The minimum Gasteiger partial charge on any atom is -0.393 e. The first-order valence-corrected chi connectivity index (χ1v) is 5.23. The Morgan fingerprint density at radius 1 is 1.25 bits per heavy atom. The van der Waals surface area contributed by atoms with Crippen LogP contribution >= 0.6 is 0 Å². The zero-order valence-corrected chi connectivity index (χ0v) is 8.64. The average Bonchev–Trinajstić information content (AvgIpc) is 2.36. The van der Waals surface area contributed by atoms with Gasteiger partial charge >= 0.3 is 0 Å². The minimum atomic E-state index is -0.0694. The van der Waals surface area contributed by atoms with Gasteiger partial charge in [0.05, 0.1) is 6.10 Å². The van der Waals surface area contributed by atoms with Gasteiger partial charge in [0.2, 0.25) is 0 Å². The smallest absolute Gasteiger partial charge is 0.0596 e. The largest absolute Gasteiger partial charge is 0.393 e. The van der Waals surface area contributed by atoms with E-state index >= 15 is 0 Å². The molecule has 0 bridgehead atoms. The van der Waals surface area contributed by atoms with E-state index < -0.39 is 0 Å². The molecular formula is C11H22O. The van der Waals surface area contributed by atoms with E-state index in [0.717, 1.165) is 6.42 Å². The van der Waals surface area contributed by atoms with Gasteiger partial charge in [-0.3, -0.25) is 0 Å². The van der Waals surface area contributed by atoms with Gasteiger partial charge in [0.25, 0.3) is 0 Å². The Morgan fingerprint density at radius 2 is 1.75 bits per heavy atom. The monoisotopic (exact) mass is 170 g/mol. The van der Waals surface area contributed by atoms with E-state index in [1.807, 2.05) is 0 Å². The van der Waals surface area contributed by atoms with E-state index in [1.165, 1.54) is 25.7 Å². The number of hydrogen-bond donors (Lipinski definition) is 1. The summed E-state index contributed by atoms with van der Waals surface area (Å²) in [5.74, 6) is 0.623. The lowest BCUT2D eigenvalue weighted by molar-refractivity contribution is 0.0256. The maximum absolute atomic E-state index is 9.98. The van der Waals surface area contributed by atoms with Gasteiger partial charge in [0.1, 0.15) is 0 Å². The molecule has 1 heteroatoms. The van der Waals surface area contributed by atoms with Crippen molar-refractivity contribution in [3.05, 3.63) is 0 Å². The van der Waals surface area contributed by atoms with E-state index in [-0.39, 0.29) is 11.5 Å². The Kier molecular flexibility index (Phi) is 3.16. The molecule has 1 aliphatic carbocycles. The van der Waals surface area contributed by atoms with Crippen LogP contribution in [0.2, 0.25) is 0 Å². The normalized spacial score (nSPS) is 24.8. The Balaban J connectivity index is 2.44. The molecule has 1 rings (SSSR count). The van der Waals surface area contributed by atoms with E-state index in [9.17, 15) is 5.11 Å². The third kappa shape index (κ3) is 2.22. The molecule has 1 fully saturated rings. The van der Waals surface area contributed by atoms with Gasteiger partial charge in [0.15, 0.2) is 0 Å². The molecule has 12 heavy (non-hydrogen) atoms. The molecule has 0 aromatic rings. The highest BCUT2D eigenvalue weighted by molar-refractivity contribution is 4.87. The second-order valence-corrected chi connectivity index (χ2v) is 5.01. The van der Waals surface area contributed by atoms with Gasteiger partial charge in [0, 0.05) is 0 Å². The van der Waals surface area contributed by atoms with Crippen LogP contribution in [0.15, 0.2) is 0 Å². The molecule has 0 aromatic carbocycles. The van der Waals surface area contributed by atoms with Gasteiger partial charge in [-0.15, -0.1) is 0 Å². The van der Waals surface area contributed by atoms with Gasteiger partial charge in [-0.05, 0) is 30.6 Å². The predicted molar refractivity (Wildman–Crippen MR) is 52.0 cm³/mol. The van der Waals surface area contributed by atoms with Crippen molar-refractivity contribution in [3.8, 4) is 0 Å². The standard InChI is InChI=1S/C11H22O/c1-9(2)8-10(12)11(3)6-4-5-7-11/h9-10,12H,4-8H2,1-3H3. The zero-order chi connectivity index (χ0) is 9.19. The molecule has 0 radical (unpaired) electrons. The molecular weight excluding hydrogens is 148 g/mol. The maximum atomic E-state index is 9.98. The molecule has 1 N–H and O–H groups in total.